The smallest absolute Gasteiger partial charge is 0.427 e. The molecule has 0 spiro atoms. The quantitative estimate of drug-likeness (QED) is 0.0489. The summed E-state index contributed by atoms with van der Waals surface area (Å²) in [6, 6.07) is 106. The van der Waals surface area contributed by atoms with Crippen LogP contribution >= 0.6 is 14.9 Å². The summed E-state index contributed by atoms with van der Waals surface area (Å²) >= 11 is 0. The summed E-state index contributed by atoms with van der Waals surface area (Å²) in [5, 5.41) is 61.5. The lowest BCUT2D eigenvalue weighted by Crippen LogP contribution is -2.38. The van der Waals surface area contributed by atoms with Crippen molar-refractivity contribution in [3.8, 4) is 46.0 Å². The second-order valence-electron chi connectivity index (χ2n) is 21.4. The Hall–Kier alpha value is -10.3. The van der Waals surface area contributed by atoms with Gasteiger partial charge in [-0.2, -0.15) is 0 Å². The number of para-hydroxylation sites is 3. The number of benzene rings is 12. The molecule has 9 nitrogen and oxygen atoms in total. The fourth-order valence-corrected chi connectivity index (χ4v) is 15.4. The Balaban J connectivity index is 0.000000150. The van der Waals surface area contributed by atoms with Crippen LogP contribution in [0.2, 0.25) is 0 Å². The Labute approximate surface area is 523 Å². The fraction of sp³-hybridized carbons (Fsp3) is 0.0769. The zero-order valence-electron chi connectivity index (χ0n) is 50.1. The molecule has 0 radical (unpaired) electrons. The normalized spacial score (nSPS) is 11.0. The van der Waals surface area contributed by atoms with Crippen molar-refractivity contribution in [2.45, 2.75) is 31.6 Å². The standard InChI is InChI=1S/C24H20P.C20H18O3.C15H16O2.C13H13O3P.C6H6O/c1-5-13-21(14-6-1)25(22-15-7-2-8-16-22,23-17-9-3-10-18-23)24-19-11-4-12-20-24;1-20(14-2-8-17(21)9-3-14,15-4-10-18(22)11-5-15)16-6-12-19(23)13-7-16;1-15(2,11-3-7-13(16)8-4-11)12-5-9-14(17)10-6-12;1-17(14,15-12-8-4-2-5-9-12)16-13-10-6-3-7-11-13;7-6-4-2-1-3-5-6/h1-20H;2-13,21-23H,1H3;3-10,16-17H,1-2H3;2-11H,1H3;1-5,7H/q+1;;;;. The van der Waals surface area contributed by atoms with E-state index in [0.717, 1.165) is 27.8 Å². The van der Waals surface area contributed by atoms with Crippen LogP contribution in [0, 0.1) is 0 Å². The molecule has 11 heteroatoms. The van der Waals surface area contributed by atoms with E-state index in [4.69, 9.17) is 14.2 Å². The number of rotatable bonds is 13. The van der Waals surface area contributed by atoms with Crippen LogP contribution in [-0.2, 0) is 15.4 Å². The first-order valence-corrected chi connectivity index (χ1v) is 32.6. The van der Waals surface area contributed by atoms with E-state index in [1.807, 2.05) is 103 Å². The molecule has 0 aliphatic heterocycles. The average Bonchev–Trinajstić information content (AvgIpc) is 0.953. The number of hydrogen-bond donors (Lipinski definition) is 6. The minimum absolute atomic E-state index is 0.151. The lowest BCUT2D eigenvalue weighted by atomic mass is 9.71. The molecule has 12 rings (SSSR count). The van der Waals surface area contributed by atoms with Gasteiger partial charge in [-0.25, -0.2) is 4.57 Å². The van der Waals surface area contributed by atoms with Gasteiger partial charge >= 0.3 is 7.60 Å². The molecule has 0 heterocycles. The Bertz CT molecular complexity index is 3670. The maximum atomic E-state index is 12.1. The number of aromatic hydroxyl groups is 6. The van der Waals surface area contributed by atoms with E-state index in [-0.39, 0.29) is 34.2 Å². The van der Waals surface area contributed by atoms with Crippen LogP contribution in [0.1, 0.15) is 48.6 Å². The third kappa shape index (κ3) is 17.5. The molecule has 12 aromatic carbocycles. The SMILES string of the molecule is CC(C)(c1ccc(O)cc1)c1ccc(O)cc1.CC(c1ccc(O)cc1)(c1ccc(O)cc1)c1ccc(O)cc1.CP(=O)(Oc1ccccc1)Oc1ccccc1.Oc1ccccc1.c1ccc([P+](c2ccccc2)(c2ccccc2)c2ccccc2)cc1. The van der Waals surface area contributed by atoms with Crippen molar-refractivity contribution in [3.63, 3.8) is 0 Å². The first-order valence-electron chi connectivity index (χ1n) is 28.9. The van der Waals surface area contributed by atoms with Crippen molar-refractivity contribution in [2.24, 2.45) is 0 Å². The summed E-state index contributed by atoms with van der Waals surface area (Å²) in [6.45, 7) is 7.77. The van der Waals surface area contributed by atoms with Crippen LogP contribution in [0.5, 0.6) is 46.0 Å². The minimum Gasteiger partial charge on any atom is -0.508 e. The first kappa shape index (κ1) is 64.7. The first-order chi connectivity index (χ1) is 43.0. The maximum absolute atomic E-state index is 12.1. The molecular weight excluding hydrogens is 1140 g/mol. The topological polar surface area (TPSA) is 157 Å². The highest BCUT2D eigenvalue weighted by atomic mass is 31.2. The molecule has 6 N–H and O–H groups in total. The number of phenols is 6. The van der Waals surface area contributed by atoms with E-state index in [0.29, 0.717) is 17.2 Å². The second-order valence-corrected chi connectivity index (χ2v) is 26.7. The highest BCUT2D eigenvalue weighted by molar-refractivity contribution is 8.01. The Morgan fingerprint density at radius 3 is 0.674 bits per heavy atom. The summed E-state index contributed by atoms with van der Waals surface area (Å²) in [5.74, 6) is 2.59. The lowest BCUT2D eigenvalue weighted by Gasteiger charge is -2.32. The predicted molar refractivity (Wildman–Crippen MR) is 365 cm³/mol. The van der Waals surface area contributed by atoms with Gasteiger partial charge in [-0.15, -0.1) is 0 Å². The molecule has 0 saturated heterocycles. The van der Waals surface area contributed by atoms with E-state index in [1.165, 1.54) is 27.9 Å². The Morgan fingerprint density at radius 1 is 0.270 bits per heavy atom. The van der Waals surface area contributed by atoms with Crippen LogP contribution in [0.3, 0.4) is 0 Å². The highest BCUT2D eigenvalue weighted by Gasteiger charge is 2.47. The summed E-state index contributed by atoms with van der Waals surface area (Å²) in [7, 11) is -5.04. The predicted octanol–water partition coefficient (Wildman–Crippen LogP) is 17.2. The van der Waals surface area contributed by atoms with E-state index < -0.39 is 20.3 Å². The van der Waals surface area contributed by atoms with E-state index in [2.05, 4.69) is 142 Å². The van der Waals surface area contributed by atoms with E-state index >= 15 is 0 Å². The molecule has 448 valence electrons. The molecular formula is C78H73O9P2+. The maximum Gasteiger partial charge on any atom is 0.427 e. The Kier molecular flexibility index (Phi) is 22.4. The zero-order valence-corrected chi connectivity index (χ0v) is 51.8. The molecule has 0 amide bonds. The second kappa shape index (κ2) is 30.9. The molecule has 0 aliphatic rings. The molecule has 0 aliphatic carbocycles. The van der Waals surface area contributed by atoms with E-state index in [1.54, 1.807) is 109 Å². The molecule has 0 unspecified atom stereocenters. The van der Waals surface area contributed by atoms with Crippen molar-refractivity contribution in [1.29, 1.82) is 0 Å². The van der Waals surface area contributed by atoms with Gasteiger partial charge in [0.05, 0.1) is 6.66 Å². The molecule has 0 aromatic heterocycles. The Morgan fingerprint density at radius 2 is 0.461 bits per heavy atom. The molecule has 0 saturated carbocycles. The summed E-state index contributed by atoms with van der Waals surface area (Å²) in [4.78, 5) is 0. The third-order valence-corrected chi connectivity index (χ3v) is 20.2. The van der Waals surface area contributed by atoms with Crippen LogP contribution in [0.4, 0.5) is 0 Å². The van der Waals surface area contributed by atoms with Gasteiger partial charge in [0.1, 0.15) is 74.5 Å². The van der Waals surface area contributed by atoms with Gasteiger partial charge in [0, 0.05) is 10.8 Å². The zero-order chi connectivity index (χ0) is 63.1. The number of hydrogen-bond acceptors (Lipinski definition) is 9. The number of phenolic OH excluding ortho intramolecular Hbond substituents is 6. The van der Waals surface area contributed by atoms with Crippen molar-refractivity contribution in [2.75, 3.05) is 6.66 Å². The molecule has 0 bridgehead atoms. The van der Waals surface area contributed by atoms with Gasteiger partial charge in [0.15, 0.2) is 0 Å². The lowest BCUT2D eigenvalue weighted by molar-refractivity contribution is 0.393. The average molecular weight is 1220 g/mol. The molecule has 0 fully saturated rings. The van der Waals surface area contributed by atoms with Crippen molar-refractivity contribution in [1.82, 2.24) is 0 Å². The van der Waals surface area contributed by atoms with Crippen LogP contribution in [0.15, 0.2) is 334 Å². The van der Waals surface area contributed by atoms with Gasteiger partial charge in [-0.3, -0.25) is 0 Å². The summed E-state index contributed by atoms with van der Waals surface area (Å²) in [6.07, 6.45) is 0. The fourth-order valence-electron chi connectivity index (χ4n) is 10.1. The molecule has 12 aromatic rings. The summed E-state index contributed by atoms with van der Waals surface area (Å²) < 4.78 is 22.8. The minimum atomic E-state index is -3.14. The van der Waals surface area contributed by atoms with Crippen LogP contribution < -0.4 is 30.3 Å². The van der Waals surface area contributed by atoms with Crippen molar-refractivity contribution >= 4 is 36.1 Å². The van der Waals surface area contributed by atoms with E-state index in [9.17, 15) is 30.1 Å². The molecule has 0 atom stereocenters. The van der Waals surface area contributed by atoms with Gasteiger partial charge < -0.3 is 39.7 Å². The monoisotopic (exact) mass is 1220 g/mol. The largest absolute Gasteiger partial charge is 0.508 e. The van der Waals surface area contributed by atoms with Crippen molar-refractivity contribution in [3.05, 3.63) is 361 Å². The molecule has 89 heavy (non-hydrogen) atoms. The van der Waals surface area contributed by atoms with Gasteiger partial charge in [-0.05, 0) is 180 Å². The van der Waals surface area contributed by atoms with Gasteiger partial charge in [0.2, 0.25) is 0 Å². The van der Waals surface area contributed by atoms with Gasteiger partial charge in [0.25, 0.3) is 0 Å². The van der Waals surface area contributed by atoms with Gasteiger partial charge in [-0.1, -0.05) is 202 Å². The summed E-state index contributed by atoms with van der Waals surface area (Å²) in [5.41, 5.74) is 4.64. The highest BCUT2D eigenvalue weighted by Crippen LogP contribution is 2.54. The van der Waals surface area contributed by atoms with Crippen molar-refractivity contribution < 1.29 is 44.3 Å². The van der Waals surface area contributed by atoms with Crippen LogP contribution in [-0.4, -0.2) is 37.3 Å². The third-order valence-electron chi connectivity index (χ3n) is 14.9. The van der Waals surface area contributed by atoms with Crippen LogP contribution in [0.25, 0.3) is 0 Å².